The van der Waals surface area contributed by atoms with Crippen LogP contribution in [-0.4, -0.2) is 24.1 Å². The average molecular weight is 423 g/mol. The highest BCUT2D eigenvalue weighted by molar-refractivity contribution is 9.10. The Bertz CT molecular complexity index is 948. The zero-order chi connectivity index (χ0) is 18.6. The maximum atomic E-state index is 12.9. The van der Waals surface area contributed by atoms with Gasteiger partial charge in [-0.15, -0.1) is 0 Å². The predicted molar refractivity (Wildman–Crippen MR) is 112 cm³/mol. The second kappa shape index (κ2) is 7.80. The lowest BCUT2D eigenvalue weighted by molar-refractivity contribution is 0.256. The fourth-order valence-electron chi connectivity index (χ4n) is 3.20. The summed E-state index contributed by atoms with van der Waals surface area (Å²) < 4.78 is 0.854. The zero-order valence-corrected chi connectivity index (χ0v) is 16.3. The molecule has 1 aromatic heterocycles. The van der Waals surface area contributed by atoms with Gasteiger partial charge in [-0.2, -0.15) is 0 Å². The van der Waals surface area contributed by atoms with Gasteiger partial charge in [-0.05, 0) is 45.8 Å². The maximum absolute atomic E-state index is 12.9. The van der Waals surface area contributed by atoms with Crippen LogP contribution in [0.2, 0.25) is 0 Å². The van der Waals surface area contributed by atoms with Crippen LogP contribution in [0.15, 0.2) is 77.4 Å². The first kappa shape index (κ1) is 17.5. The van der Waals surface area contributed by atoms with Crippen molar-refractivity contribution in [2.75, 3.05) is 28.2 Å². The van der Waals surface area contributed by atoms with Gasteiger partial charge in [-0.3, -0.25) is 4.90 Å². The van der Waals surface area contributed by atoms with Crippen molar-refractivity contribution in [2.45, 2.75) is 6.54 Å². The highest BCUT2D eigenvalue weighted by atomic mass is 79.9. The summed E-state index contributed by atoms with van der Waals surface area (Å²) in [6.45, 7) is 2.09. The van der Waals surface area contributed by atoms with E-state index in [1.54, 1.807) is 11.1 Å². The lowest BCUT2D eigenvalue weighted by Gasteiger charge is -2.36. The van der Waals surface area contributed by atoms with E-state index in [2.05, 4.69) is 43.3 Å². The first-order valence-corrected chi connectivity index (χ1v) is 9.58. The molecule has 1 N–H and O–H groups in total. The SMILES string of the molecule is O=C(Nc1ccccc1Br)N1CCN(Cc2ccccc2)c2ncccc21. The molecule has 0 saturated heterocycles. The molecule has 0 aliphatic carbocycles. The van der Waals surface area contributed by atoms with Crippen molar-refractivity contribution in [2.24, 2.45) is 0 Å². The van der Waals surface area contributed by atoms with E-state index in [-0.39, 0.29) is 6.03 Å². The van der Waals surface area contributed by atoms with E-state index in [0.717, 1.165) is 34.8 Å². The monoisotopic (exact) mass is 422 g/mol. The van der Waals surface area contributed by atoms with Crippen molar-refractivity contribution in [1.82, 2.24) is 4.98 Å². The Morgan fingerprint density at radius 3 is 2.59 bits per heavy atom. The Hall–Kier alpha value is -2.86. The molecular weight excluding hydrogens is 404 g/mol. The summed E-state index contributed by atoms with van der Waals surface area (Å²) in [5, 5.41) is 2.98. The molecule has 2 heterocycles. The van der Waals surface area contributed by atoms with E-state index in [9.17, 15) is 4.79 Å². The number of para-hydroxylation sites is 1. The fourth-order valence-corrected chi connectivity index (χ4v) is 3.59. The molecule has 3 aromatic rings. The molecular formula is C21H19BrN4O. The van der Waals surface area contributed by atoms with E-state index < -0.39 is 0 Å². The van der Waals surface area contributed by atoms with E-state index in [1.807, 2.05) is 54.6 Å². The minimum absolute atomic E-state index is 0.157. The average Bonchev–Trinajstić information content (AvgIpc) is 2.71. The molecule has 0 bridgehead atoms. The first-order valence-electron chi connectivity index (χ1n) is 8.79. The molecule has 2 aromatic carbocycles. The zero-order valence-electron chi connectivity index (χ0n) is 14.7. The van der Waals surface area contributed by atoms with Gasteiger partial charge in [-0.1, -0.05) is 42.5 Å². The summed E-state index contributed by atoms with van der Waals surface area (Å²) in [5.74, 6) is 0.829. The molecule has 27 heavy (non-hydrogen) atoms. The number of nitrogens with zero attached hydrogens (tertiary/aromatic N) is 3. The molecule has 0 saturated carbocycles. The van der Waals surface area contributed by atoms with Crippen molar-refractivity contribution in [3.8, 4) is 0 Å². The number of rotatable bonds is 3. The number of amides is 2. The van der Waals surface area contributed by atoms with E-state index in [1.165, 1.54) is 5.56 Å². The molecule has 5 nitrogen and oxygen atoms in total. The van der Waals surface area contributed by atoms with Gasteiger partial charge in [0.25, 0.3) is 0 Å². The van der Waals surface area contributed by atoms with Crippen LogP contribution in [0, 0.1) is 0 Å². The van der Waals surface area contributed by atoms with Gasteiger partial charge in [0.15, 0.2) is 5.82 Å². The smallest absolute Gasteiger partial charge is 0.326 e. The number of nitrogens with one attached hydrogen (secondary N) is 1. The van der Waals surface area contributed by atoms with Crippen LogP contribution in [0.1, 0.15) is 5.56 Å². The van der Waals surface area contributed by atoms with E-state index in [0.29, 0.717) is 6.54 Å². The Morgan fingerprint density at radius 2 is 1.78 bits per heavy atom. The minimum Gasteiger partial charge on any atom is -0.349 e. The highest BCUT2D eigenvalue weighted by Gasteiger charge is 2.28. The van der Waals surface area contributed by atoms with Crippen LogP contribution in [0.3, 0.4) is 0 Å². The van der Waals surface area contributed by atoms with Crippen molar-refractivity contribution >= 4 is 39.2 Å². The molecule has 1 aliphatic rings. The summed E-state index contributed by atoms with van der Waals surface area (Å²) in [5.41, 5.74) is 2.80. The van der Waals surface area contributed by atoms with Crippen LogP contribution in [0.4, 0.5) is 22.0 Å². The number of pyridine rings is 1. The molecule has 6 heteroatoms. The first-order chi connectivity index (χ1) is 13.2. The quantitative estimate of drug-likeness (QED) is 0.652. The largest absolute Gasteiger partial charge is 0.349 e. The van der Waals surface area contributed by atoms with Gasteiger partial charge >= 0.3 is 6.03 Å². The number of hydrogen-bond acceptors (Lipinski definition) is 3. The number of aromatic nitrogens is 1. The summed E-state index contributed by atoms with van der Waals surface area (Å²) in [4.78, 5) is 21.4. The number of anilines is 3. The summed E-state index contributed by atoms with van der Waals surface area (Å²) in [7, 11) is 0. The van der Waals surface area contributed by atoms with Crippen LogP contribution in [0.5, 0.6) is 0 Å². The van der Waals surface area contributed by atoms with Crippen LogP contribution >= 0.6 is 15.9 Å². The minimum atomic E-state index is -0.157. The number of fused-ring (bicyclic) bond motifs is 1. The molecule has 4 rings (SSSR count). The summed E-state index contributed by atoms with van der Waals surface area (Å²) in [6.07, 6.45) is 1.77. The Morgan fingerprint density at radius 1 is 1.00 bits per heavy atom. The number of carbonyl (C=O) groups excluding carboxylic acids is 1. The third kappa shape index (κ3) is 3.80. The summed E-state index contributed by atoms with van der Waals surface area (Å²) >= 11 is 3.47. The molecule has 136 valence electrons. The second-order valence-electron chi connectivity index (χ2n) is 6.31. The number of urea groups is 1. The summed E-state index contributed by atoms with van der Waals surface area (Å²) in [6, 6.07) is 21.5. The Balaban J connectivity index is 1.57. The second-order valence-corrected chi connectivity index (χ2v) is 7.17. The highest BCUT2D eigenvalue weighted by Crippen LogP contribution is 2.32. The van der Waals surface area contributed by atoms with Gasteiger partial charge < -0.3 is 10.2 Å². The molecule has 1 aliphatic heterocycles. The van der Waals surface area contributed by atoms with Gasteiger partial charge in [-0.25, -0.2) is 9.78 Å². The molecule has 0 fully saturated rings. The van der Waals surface area contributed by atoms with Gasteiger partial charge in [0, 0.05) is 30.3 Å². The third-order valence-corrected chi connectivity index (χ3v) is 5.22. The number of carbonyl (C=O) groups is 1. The molecule has 0 spiro atoms. The van der Waals surface area contributed by atoms with Crippen LogP contribution in [0.25, 0.3) is 0 Å². The standard InChI is InChI=1S/C21H19BrN4O/c22-17-9-4-5-10-18(17)24-21(27)26-14-13-25(15-16-7-2-1-3-8-16)20-19(26)11-6-12-23-20/h1-12H,13-15H2,(H,24,27). The third-order valence-electron chi connectivity index (χ3n) is 4.53. The molecule has 0 radical (unpaired) electrons. The number of hydrogen-bond donors (Lipinski definition) is 1. The predicted octanol–water partition coefficient (Wildman–Crippen LogP) is 4.90. The van der Waals surface area contributed by atoms with Crippen LogP contribution in [-0.2, 0) is 6.54 Å². The fraction of sp³-hybridized carbons (Fsp3) is 0.143. The number of benzene rings is 2. The van der Waals surface area contributed by atoms with Crippen molar-refractivity contribution in [3.63, 3.8) is 0 Å². The van der Waals surface area contributed by atoms with E-state index >= 15 is 0 Å². The van der Waals surface area contributed by atoms with Gasteiger partial charge in [0.2, 0.25) is 0 Å². The maximum Gasteiger partial charge on any atom is 0.326 e. The van der Waals surface area contributed by atoms with E-state index in [4.69, 9.17) is 0 Å². The Labute approximate surface area is 166 Å². The molecule has 0 atom stereocenters. The van der Waals surface area contributed by atoms with Gasteiger partial charge in [0.1, 0.15) is 0 Å². The molecule has 0 unspecified atom stereocenters. The van der Waals surface area contributed by atoms with Crippen molar-refractivity contribution in [1.29, 1.82) is 0 Å². The lowest BCUT2D eigenvalue weighted by Crippen LogP contribution is -2.46. The van der Waals surface area contributed by atoms with Crippen molar-refractivity contribution < 1.29 is 4.79 Å². The Kier molecular flexibility index (Phi) is 5.07. The molecule has 2 amide bonds. The topological polar surface area (TPSA) is 48.5 Å². The number of halogens is 1. The van der Waals surface area contributed by atoms with Gasteiger partial charge in [0.05, 0.1) is 11.4 Å². The normalized spacial score (nSPS) is 13.2. The van der Waals surface area contributed by atoms with Crippen LogP contribution < -0.4 is 15.1 Å². The lowest BCUT2D eigenvalue weighted by atomic mass is 10.2. The van der Waals surface area contributed by atoms with Crippen molar-refractivity contribution in [3.05, 3.63) is 83.0 Å².